The minimum Gasteiger partial charge on any atom is -0.455 e. The summed E-state index contributed by atoms with van der Waals surface area (Å²) in [6, 6.07) is 18.3. The Morgan fingerprint density at radius 3 is 2.61 bits per heavy atom. The van der Waals surface area contributed by atoms with Gasteiger partial charge in [0.25, 0.3) is 5.69 Å². The van der Waals surface area contributed by atoms with Crippen molar-refractivity contribution >= 4 is 22.9 Å². The first-order valence-corrected chi connectivity index (χ1v) is 8.31. The molecular formula is C21H15N3O4. The Labute approximate surface area is 160 Å². The molecule has 0 saturated carbocycles. The van der Waals surface area contributed by atoms with Crippen LogP contribution in [0.1, 0.15) is 11.3 Å². The van der Waals surface area contributed by atoms with Gasteiger partial charge in [-0.05, 0) is 31.2 Å². The van der Waals surface area contributed by atoms with Gasteiger partial charge in [0.15, 0.2) is 0 Å². The number of benzene rings is 2. The molecule has 28 heavy (non-hydrogen) atoms. The molecule has 7 heteroatoms. The molecule has 3 aromatic rings. The first kappa shape index (κ1) is 18.6. The molecule has 0 spiro atoms. The van der Waals surface area contributed by atoms with Crippen molar-refractivity contribution < 1.29 is 14.1 Å². The molecule has 7 nitrogen and oxygen atoms in total. The van der Waals surface area contributed by atoms with Crippen LogP contribution < -0.4 is 5.32 Å². The van der Waals surface area contributed by atoms with Gasteiger partial charge in [0.05, 0.1) is 4.92 Å². The molecule has 1 amide bonds. The van der Waals surface area contributed by atoms with Crippen LogP contribution in [0.15, 0.2) is 71.2 Å². The number of allylic oxidation sites excluding steroid dienone is 1. The number of hydrogen-bond acceptors (Lipinski definition) is 5. The predicted octanol–water partition coefficient (Wildman–Crippen LogP) is 4.71. The van der Waals surface area contributed by atoms with Crippen LogP contribution in [0.2, 0.25) is 0 Å². The zero-order valence-electron chi connectivity index (χ0n) is 14.9. The molecular weight excluding hydrogens is 358 g/mol. The van der Waals surface area contributed by atoms with Gasteiger partial charge in [0.2, 0.25) is 5.91 Å². The average molecular weight is 373 g/mol. The third-order valence-electron chi connectivity index (χ3n) is 3.93. The van der Waals surface area contributed by atoms with Gasteiger partial charge in [-0.25, -0.2) is 0 Å². The maximum absolute atomic E-state index is 12.2. The van der Waals surface area contributed by atoms with Crippen LogP contribution >= 0.6 is 0 Å². The van der Waals surface area contributed by atoms with Gasteiger partial charge in [-0.3, -0.25) is 14.9 Å². The largest absolute Gasteiger partial charge is 0.455 e. The molecule has 0 atom stereocenters. The molecule has 1 aromatic heterocycles. The highest BCUT2D eigenvalue weighted by molar-refractivity contribution is 6.05. The number of carbonyl (C=O) groups excluding carboxylic acids is 1. The number of hydrogen-bond donors (Lipinski definition) is 1. The molecule has 0 aliphatic heterocycles. The van der Waals surface area contributed by atoms with E-state index in [1.54, 1.807) is 36.4 Å². The molecule has 0 fully saturated rings. The Morgan fingerprint density at radius 2 is 1.93 bits per heavy atom. The van der Waals surface area contributed by atoms with Crippen molar-refractivity contribution in [3.05, 3.63) is 88.2 Å². The molecule has 138 valence electrons. The van der Waals surface area contributed by atoms with Crippen LogP contribution in [0, 0.1) is 28.4 Å². The highest BCUT2D eigenvalue weighted by atomic mass is 16.6. The fraction of sp³-hybridized carbons (Fsp3) is 0.0476. The number of nitrogens with one attached hydrogen (secondary N) is 1. The topological polar surface area (TPSA) is 109 Å². The fourth-order valence-electron chi connectivity index (χ4n) is 2.52. The number of non-ortho nitro benzene ring substituents is 1. The van der Waals surface area contributed by atoms with Gasteiger partial charge in [-0.1, -0.05) is 29.8 Å². The lowest BCUT2D eigenvalue weighted by molar-refractivity contribution is -0.384. The van der Waals surface area contributed by atoms with Gasteiger partial charge >= 0.3 is 0 Å². The molecule has 3 rings (SSSR count). The van der Waals surface area contributed by atoms with Crippen LogP contribution in [0.25, 0.3) is 16.9 Å². The Morgan fingerprint density at radius 1 is 1.18 bits per heavy atom. The summed E-state index contributed by atoms with van der Waals surface area (Å²) in [7, 11) is 0. The third-order valence-corrected chi connectivity index (χ3v) is 3.93. The van der Waals surface area contributed by atoms with E-state index in [9.17, 15) is 20.2 Å². The van der Waals surface area contributed by atoms with Gasteiger partial charge in [0.1, 0.15) is 23.2 Å². The molecule has 2 aromatic carbocycles. The van der Waals surface area contributed by atoms with Crippen LogP contribution in [-0.2, 0) is 4.79 Å². The van der Waals surface area contributed by atoms with Crippen molar-refractivity contribution in [3.8, 4) is 17.4 Å². The first-order valence-electron chi connectivity index (χ1n) is 8.31. The van der Waals surface area contributed by atoms with Crippen molar-refractivity contribution in [3.63, 3.8) is 0 Å². The number of anilines is 1. The number of rotatable bonds is 5. The maximum Gasteiger partial charge on any atom is 0.270 e. The number of nitriles is 1. The standard InChI is InChI=1S/C21H15N3O4/c1-14-5-7-17(8-6-14)23-21(25)12-16(13-22)20-10-9-19(28-20)15-3-2-4-18(11-15)24(26)27/h2-12H,1H3,(H,23,25)/b16-12+. The summed E-state index contributed by atoms with van der Waals surface area (Å²) in [5, 5.41) is 23.0. The molecule has 0 aliphatic carbocycles. The second-order valence-corrected chi connectivity index (χ2v) is 6.00. The van der Waals surface area contributed by atoms with E-state index >= 15 is 0 Å². The molecule has 0 saturated heterocycles. The molecule has 0 bridgehead atoms. The molecule has 1 heterocycles. The Balaban J connectivity index is 1.82. The minimum atomic E-state index is -0.497. The van der Waals surface area contributed by atoms with Crippen molar-refractivity contribution in [2.24, 2.45) is 0 Å². The second-order valence-electron chi connectivity index (χ2n) is 6.00. The van der Waals surface area contributed by atoms with Crippen LogP contribution in [0.5, 0.6) is 0 Å². The number of carbonyl (C=O) groups is 1. The van der Waals surface area contributed by atoms with Gasteiger partial charge < -0.3 is 9.73 Å². The zero-order valence-corrected chi connectivity index (χ0v) is 14.9. The Bertz CT molecular complexity index is 1110. The fourth-order valence-corrected chi connectivity index (χ4v) is 2.52. The monoisotopic (exact) mass is 373 g/mol. The predicted molar refractivity (Wildman–Crippen MR) is 104 cm³/mol. The van der Waals surface area contributed by atoms with E-state index in [-0.39, 0.29) is 17.0 Å². The van der Waals surface area contributed by atoms with E-state index in [1.807, 2.05) is 25.1 Å². The van der Waals surface area contributed by atoms with Crippen LogP contribution in [-0.4, -0.2) is 10.8 Å². The minimum absolute atomic E-state index is 0.0429. The third kappa shape index (κ3) is 4.31. The van der Waals surface area contributed by atoms with E-state index in [0.717, 1.165) is 11.6 Å². The van der Waals surface area contributed by atoms with Gasteiger partial charge in [0, 0.05) is 29.5 Å². The van der Waals surface area contributed by atoms with Crippen molar-refractivity contribution in [1.82, 2.24) is 0 Å². The van der Waals surface area contributed by atoms with Gasteiger partial charge in [-0.15, -0.1) is 0 Å². The van der Waals surface area contributed by atoms with Crippen molar-refractivity contribution in [2.75, 3.05) is 5.32 Å². The summed E-state index contributed by atoms with van der Waals surface area (Å²) < 4.78 is 5.63. The number of nitro benzene ring substituents is 1. The summed E-state index contributed by atoms with van der Waals surface area (Å²) in [5.74, 6) is 0.0931. The van der Waals surface area contributed by atoms with Crippen molar-refractivity contribution in [1.29, 1.82) is 5.26 Å². The zero-order chi connectivity index (χ0) is 20.1. The summed E-state index contributed by atoms with van der Waals surface area (Å²) in [4.78, 5) is 22.6. The number of nitrogens with zero attached hydrogens (tertiary/aromatic N) is 2. The summed E-state index contributed by atoms with van der Waals surface area (Å²) in [5.41, 5.74) is 2.16. The van der Waals surface area contributed by atoms with Gasteiger partial charge in [-0.2, -0.15) is 5.26 Å². The number of amides is 1. The molecule has 1 N–H and O–H groups in total. The van der Waals surface area contributed by atoms with E-state index in [1.165, 1.54) is 12.1 Å². The number of aryl methyl sites for hydroxylation is 1. The van der Waals surface area contributed by atoms with E-state index < -0.39 is 10.8 Å². The van der Waals surface area contributed by atoms with E-state index in [0.29, 0.717) is 17.0 Å². The quantitative estimate of drug-likeness (QED) is 0.301. The lowest BCUT2D eigenvalue weighted by Crippen LogP contribution is -2.08. The number of furan rings is 1. The Kier molecular flexibility index (Phi) is 5.33. The van der Waals surface area contributed by atoms with Crippen molar-refractivity contribution in [2.45, 2.75) is 6.92 Å². The number of nitro groups is 1. The van der Waals surface area contributed by atoms with Crippen LogP contribution in [0.4, 0.5) is 11.4 Å². The second kappa shape index (κ2) is 8.01. The molecule has 0 radical (unpaired) electrons. The highest BCUT2D eigenvalue weighted by Gasteiger charge is 2.13. The Hall–Kier alpha value is -4.18. The van der Waals surface area contributed by atoms with E-state index in [4.69, 9.17) is 4.42 Å². The summed E-state index contributed by atoms with van der Waals surface area (Å²) >= 11 is 0. The summed E-state index contributed by atoms with van der Waals surface area (Å²) in [6.45, 7) is 1.94. The smallest absolute Gasteiger partial charge is 0.270 e. The summed E-state index contributed by atoms with van der Waals surface area (Å²) in [6.07, 6.45) is 1.15. The lowest BCUT2D eigenvalue weighted by Gasteiger charge is -2.02. The van der Waals surface area contributed by atoms with E-state index in [2.05, 4.69) is 5.32 Å². The normalized spacial score (nSPS) is 10.9. The maximum atomic E-state index is 12.2. The first-order chi connectivity index (χ1) is 13.5. The average Bonchev–Trinajstić information content (AvgIpc) is 3.18. The lowest BCUT2D eigenvalue weighted by atomic mass is 10.1. The molecule has 0 aliphatic rings. The van der Waals surface area contributed by atoms with Crippen LogP contribution in [0.3, 0.4) is 0 Å². The highest BCUT2D eigenvalue weighted by Crippen LogP contribution is 2.28. The molecule has 0 unspecified atom stereocenters. The SMILES string of the molecule is Cc1ccc(NC(=O)/C=C(\C#N)c2ccc(-c3cccc([N+](=O)[O-])c3)o2)cc1.